The Bertz CT molecular complexity index is 816. The second kappa shape index (κ2) is 5.46. The van der Waals surface area contributed by atoms with Crippen LogP contribution in [-0.4, -0.2) is 9.97 Å². The molecule has 0 fully saturated rings. The Balaban J connectivity index is 1.96. The number of hydrogen-bond donors (Lipinski definition) is 1. The first kappa shape index (κ1) is 14.6. The maximum atomic E-state index is 12.5. The molecular formula is C15H9ClF3N3. The molecule has 0 bridgehead atoms. The molecule has 0 spiro atoms. The Hall–Kier alpha value is -2.34. The number of para-hydroxylation sites is 1. The number of fused-ring (bicyclic) bond motifs is 1. The predicted molar refractivity (Wildman–Crippen MR) is 79.3 cm³/mol. The molecule has 0 aliphatic rings. The molecule has 3 rings (SSSR count). The van der Waals surface area contributed by atoms with Gasteiger partial charge in [-0.1, -0.05) is 12.1 Å². The lowest BCUT2D eigenvalue weighted by atomic mass is 10.2. The third-order valence-corrected chi connectivity index (χ3v) is 3.22. The van der Waals surface area contributed by atoms with Crippen molar-refractivity contribution in [3.05, 3.63) is 59.4 Å². The molecule has 0 atom stereocenters. The number of hydrogen-bond acceptors (Lipinski definition) is 3. The van der Waals surface area contributed by atoms with Crippen molar-refractivity contribution in [3.63, 3.8) is 0 Å². The van der Waals surface area contributed by atoms with Crippen LogP contribution in [0.3, 0.4) is 0 Å². The maximum absolute atomic E-state index is 12.5. The SMILES string of the molecule is FC(F)(F)c1ccc(Nc2nc(Cl)nc3ccccc23)cc1. The number of benzene rings is 2. The van der Waals surface area contributed by atoms with Gasteiger partial charge in [0.1, 0.15) is 5.82 Å². The van der Waals surface area contributed by atoms with Crippen molar-refractivity contribution in [1.82, 2.24) is 9.97 Å². The summed E-state index contributed by atoms with van der Waals surface area (Å²) in [7, 11) is 0. The average molecular weight is 324 g/mol. The number of rotatable bonds is 2. The van der Waals surface area contributed by atoms with Crippen molar-refractivity contribution in [1.29, 1.82) is 0 Å². The largest absolute Gasteiger partial charge is 0.416 e. The highest BCUT2D eigenvalue weighted by atomic mass is 35.5. The minimum Gasteiger partial charge on any atom is -0.340 e. The van der Waals surface area contributed by atoms with Gasteiger partial charge in [-0.15, -0.1) is 0 Å². The fourth-order valence-electron chi connectivity index (χ4n) is 2.02. The van der Waals surface area contributed by atoms with Gasteiger partial charge in [0.15, 0.2) is 0 Å². The number of halogens is 4. The number of anilines is 2. The van der Waals surface area contributed by atoms with Crippen molar-refractivity contribution in [2.24, 2.45) is 0 Å². The van der Waals surface area contributed by atoms with E-state index in [0.29, 0.717) is 17.0 Å². The predicted octanol–water partition coefficient (Wildman–Crippen LogP) is 5.05. The van der Waals surface area contributed by atoms with E-state index in [-0.39, 0.29) is 5.28 Å². The summed E-state index contributed by atoms with van der Waals surface area (Å²) in [4.78, 5) is 8.18. The zero-order valence-corrected chi connectivity index (χ0v) is 11.8. The minimum absolute atomic E-state index is 0.0631. The molecule has 0 amide bonds. The van der Waals surface area contributed by atoms with Gasteiger partial charge in [-0.2, -0.15) is 18.2 Å². The Morgan fingerprint density at radius 2 is 1.59 bits per heavy atom. The van der Waals surface area contributed by atoms with E-state index in [1.54, 1.807) is 12.1 Å². The van der Waals surface area contributed by atoms with E-state index in [9.17, 15) is 13.2 Å². The second-order valence-corrected chi connectivity index (χ2v) is 4.90. The zero-order chi connectivity index (χ0) is 15.7. The van der Waals surface area contributed by atoms with Crippen LogP contribution in [0.4, 0.5) is 24.7 Å². The van der Waals surface area contributed by atoms with Crippen LogP contribution < -0.4 is 5.32 Å². The van der Waals surface area contributed by atoms with E-state index in [1.165, 1.54) is 12.1 Å². The third kappa shape index (κ3) is 2.96. The van der Waals surface area contributed by atoms with E-state index >= 15 is 0 Å². The standard InChI is InChI=1S/C15H9ClF3N3/c16-14-21-12-4-2-1-3-11(12)13(22-14)20-10-7-5-9(6-8-10)15(17,18)19/h1-8H,(H,20,21,22). The molecule has 22 heavy (non-hydrogen) atoms. The molecule has 112 valence electrons. The first-order chi connectivity index (χ1) is 10.4. The molecule has 0 radical (unpaired) electrons. The van der Waals surface area contributed by atoms with Crippen LogP contribution in [0.5, 0.6) is 0 Å². The average Bonchev–Trinajstić information content (AvgIpc) is 2.46. The number of alkyl halides is 3. The van der Waals surface area contributed by atoms with Gasteiger partial charge in [-0.05, 0) is 48.0 Å². The van der Waals surface area contributed by atoms with Gasteiger partial charge >= 0.3 is 6.18 Å². The van der Waals surface area contributed by atoms with E-state index in [2.05, 4.69) is 15.3 Å². The van der Waals surface area contributed by atoms with Gasteiger partial charge < -0.3 is 5.32 Å². The smallest absolute Gasteiger partial charge is 0.340 e. The summed E-state index contributed by atoms with van der Waals surface area (Å²) in [6.45, 7) is 0. The summed E-state index contributed by atoms with van der Waals surface area (Å²) in [5.41, 5.74) is 0.424. The van der Waals surface area contributed by atoms with E-state index in [0.717, 1.165) is 17.5 Å². The summed E-state index contributed by atoms with van der Waals surface area (Å²) < 4.78 is 37.6. The van der Waals surface area contributed by atoms with Gasteiger partial charge in [0.25, 0.3) is 0 Å². The lowest BCUT2D eigenvalue weighted by Crippen LogP contribution is -2.04. The molecule has 3 nitrogen and oxygen atoms in total. The number of aromatic nitrogens is 2. The Morgan fingerprint density at radius 1 is 0.909 bits per heavy atom. The molecule has 0 aliphatic carbocycles. The third-order valence-electron chi connectivity index (χ3n) is 3.05. The van der Waals surface area contributed by atoms with Gasteiger partial charge in [0.05, 0.1) is 11.1 Å². The van der Waals surface area contributed by atoms with Crippen molar-refractivity contribution in [2.75, 3.05) is 5.32 Å². The number of nitrogens with zero attached hydrogens (tertiary/aromatic N) is 2. The first-order valence-corrected chi connectivity index (χ1v) is 6.68. The zero-order valence-electron chi connectivity index (χ0n) is 11.0. The lowest BCUT2D eigenvalue weighted by Gasteiger charge is -2.11. The van der Waals surface area contributed by atoms with Gasteiger partial charge in [0, 0.05) is 11.1 Å². The molecule has 0 saturated heterocycles. The van der Waals surface area contributed by atoms with Crippen LogP contribution >= 0.6 is 11.6 Å². The minimum atomic E-state index is -4.36. The normalized spacial score (nSPS) is 11.6. The topological polar surface area (TPSA) is 37.8 Å². The highest BCUT2D eigenvalue weighted by Crippen LogP contribution is 2.31. The molecule has 2 aromatic carbocycles. The van der Waals surface area contributed by atoms with Crippen LogP contribution in [0.25, 0.3) is 10.9 Å². The fraction of sp³-hybridized carbons (Fsp3) is 0.0667. The second-order valence-electron chi connectivity index (χ2n) is 4.56. The Kier molecular flexibility index (Phi) is 3.62. The summed E-state index contributed by atoms with van der Waals surface area (Å²) in [6, 6.07) is 11.9. The van der Waals surface area contributed by atoms with E-state index in [4.69, 9.17) is 11.6 Å². The van der Waals surface area contributed by atoms with Crippen molar-refractivity contribution in [3.8, 4) is 0 Å². The molecule has 1 heterocycles. The highest BCUT2D eigenvalue weighted by molar-refractivity contribution is 6.28. The van der Waals surface area contributed by atoms with Gasteiger partial charge in [-0.25, -0.2) is 4.98 Å². The number of nitrogens with one attached hydrogen (secondary N) is 1. The van der Waals surface area contributed by atoms with E-state index in [1.807, 2.05) is 12.1 Å². The summed E-state index contributed by atoms with van der Waals surface area (Å²) in [5, 5.41) is 3.76. The summed E-state index contributed by atoms with van der Waals surface area (Å²) >= 11 is 5.86. The molecule has 0 unspecified atom stereocenters. The summed E-state index contributed by atoms with van der Waals surface area (Å²) in [5.74, 6) is 0.440. The molecule has 1 N–H and O–H groups in total. The fourth-order valence-corrected chi connectivity index (χ4v) is 2.20. The van der Waals surface area contributed by atoms with Gasteiger partial charge in [-0.3, -0.25) is 0 Å². The van der Waals surface area contributed by atoms with Crippen LogP contribution in [0, 0.1) is 0 Å². The molecular weight excluding hydrogens is 315 g/mol. The quantitative estimate of drug-likeness (QED) is 0.671. The van der Waals surface area contributed by atoms with E-state index < -0.39 is 11.7 Å². The molecule has 0 saturated carbocycles. The molecule has 3 aromatic rings. The van der Waals surface area contributed by atoms with Crippen LogP contribution in [0.1, 0.15) is 5.56 Å². The van der Waals surface area contributed by atoms with Gasteiger partial charge in [0.2, 0.25) is 5.28 Å². The van der Waals surface area contributed by atoms with Crippen molar-refractivity contribution < 1.29 is 13.2 Å². The lowest BCUT2D eigenvalue weighted by molar-refractivity contribution is -0.137. The summed E-state index contributed by atoms with van der Waals surface area (Å²) in [6.07, 6.45) is -4.36. The monoisotopic (exact) mass is 323 g/mol. The first-order valence-electron chi connectivity index (χ1n) is 6.30. The Labute approximate surface area is 128 Å². The maximum Gasteiger partial charge on any atom is 0.416 e. The van der Waals surface area contributed by atoms with Crippen LogP contribution in [-0.2, 0) is 6.18 Å². The molecule has 7 heteroatoms. The van der Waals surface area contributed by atoms with Crippen molar-refractivity contribution in [2.45, 2.75) is 6.18 Å². The van der Waals surface area contributed by atoms with Crippen LogP contribution in [0.15, 0.2) is 48.5 Å². The molecule has 1 aromatic heterocycles. The van der Waals surface area contributed by atoms with Crippen LogP contribution in [0.2, 0.25) is 5.28 Å². The highest BCUT2D eigenvalue weighted by Gasteiger charge is 2.29. The van der Waals surface area contributed by atoms with Crippen molar-refractivity contribution >= 4 is 34.0 Å². The Morgan fingerprint density at radius 3 is 2.27 bits per heavy atom. The molecule has 0 aliphatic heterocycles.